The van der Waals surface area contributed by atoms with Crippen LogP contribution in [0.4, 0.5) is 5.69 Å². The molecule has 0 fully saturated rings. The smallest absolute Gasteiger partial charge is 0.273 e. The number of nitro groups is 1. The molecule has 1 heterocycles. The van der Waals surface area contributed by atoms with E-state index in [1.54, 1.807) is 19.1 Å². The lowest BCUT2D eigenvalue weighted by molar-refractivity contribution is -0.385. The summed E-state index contributed by atoms with van der Waals surface area (Å²) in [5.41, 5.74) is 1.12. The number of ketones is 1. The van der Waals surface area contributed by atoms with Crippen molar-refractivity contribution in [1.29, 1.82) is 0 Å². The number of nitrogens with one attached hydrogen (secondary N) is 1. The van der Waals surface area contributed by atoms with E-state index in [4.69, 9.17) is 12.2 Å². The summed E-state index contributed by atoms with van der Waals surface area (Å²) in [5, 5.41) is 23.5. The maximum atomic E-state index is 12.0. The lowest BCUT2D eigenvalue weighted by atomic mass is 9.79. The lowest BCUT2D eigenvalue weighted by Crippen LogP contribution is -2.34. The maximum Gasteiger partial charge on any atom is 0.273 e. The number of allylic oxidation sites excluding steroid dienone is 2. The molecule has 22 heavy (non-hydrogen) atoms. The minimum Gasteiger partial charge on any atom is -0.763 e. The van der Waals surface area contributed by atoms with Gasteiger partial charge in [0.05, 0.1) is 10.8 Å². The van der Waals surface area contributed by atoms with Gasteiger partial charge in [-0.25, -0.2) is 0 Å². The fourth-order valence-electron chi connectivity index (χ4n) is 2.59. The predicted molar refractivity (Wildman–Crippen MR) is 86.8 cm³/mol. The zero-order chi connectivity index (χ0) is 16.4. The third-order valence-electron chi connectivity index (χ3n) is 3.47. The van der Waals surface area contributed by atoms with Crippen LogP contribution in [0.25, 0.3) is 5.41 Å². The van der Waals surface area contributed by atoms with Crippen molar-refractivity contribution in [1.82, 2.24) is 5.32 Å². The van der Waals surface area contributed by atoms with E-state index in [2.05, 4.69) is 5.32 Å². The van der Waals surface area contributed by atoms with Gasteiger partial charge in [0.2, 0.25) is 0 Å². The first-order valence-electron chi connectivity index (χ1n) is 6.41. The van der Waals surface area contributed by atoms with E-state index in [0.29, 0.717) is 11.3 Å². The summed E-state index contributed by atoms with van der Waals surface area (Å²) >= 11 is 5.14. The molecule has 112 valence electrons. The zero-order valence-electron chi connectivity index (χ0n) is 11.9. The van der Waals surface area contributed by atoms with E-state index in [1.165, 1.54) is 19.1 Å². The van der Waals surface area contributed by atoms with E-state index >= 15 is 0 Å². The van der Waals surface area contributed by atoms with Gasteiger partial charge in [0.15, 0.2) is 5.78 Å². The Labute approximate surface area is 132 Å². The van der Waals surface area contributed by atoms with Crippen LogP contribution in [0.15, 0.2) is 41.1 Å². The third-order valence-corrected chi connectivity index (χ3v) is 3.79. The Balaban J connectivity index is 2.81. The molecule has 0 aliphatic carbocycles. The van der Waals surface area contributed by atoms with Crippen LogP contribution >= 0.6 is 12.2 Å². The Morgan fingerprint density at radius 1 is 1.45 bits per heavy atom. The lowest BCUT2D eigenvalue weighted by Gasteiger charge is -2.30. The van der Waals surface area contributed by atoms with Crippen molar-refractivity contribution >= 4 is 34.5 Å². The topological polar surface area (TPSA) is 94.5 Å². The van der Waals surface area contributed by atoms with E-state index in [-0.39, 0.29) is 27.6 Å². The molecule has 0 aromatic heterocycles. The highest BCUT2D eigenvalue weighted by molar-refractivity contribution is 7.80. The van der Waals surface area contributed by atoms with Crippen LogP contribution < -0.4 is 5.32 Å². The van der Waals surface area contributed by atoms with Crippen LogP contribution in [0.5, 0.6) is 0 Å². The van der Waals surface area contributed by atoms with E-state index in [9.17, 15) is 20.3 Å². The molecular formula is C15H12N3O3S-. The molecular weight excluding hydrogens is 302 g/mol. The number of thiocarbonyl (C=S) groups is 1. The fraction of sp³-hybridized carbons (Fsp3) is 0.200. The first-order valence-corrected chi connectivity index (χ1v) is 6.82. The molecule has 7 heteroatoms. The van der Waals surface area contributed by atoms with Gasteiger partial charge in [-0.2, -0.15) is 0 Å². The Bertz CT molecular complexity index is 776. The molecule has 1 aliphatic rings. The highest BCUT2D eigenvalue weighted by atomic mass is 32.1. The van der Waals surface area contributed by atoms with Crippen LogP contribution in [0, 0.1) is 10.1 Å². The largest absolute Gasteiger partial charge is 0.763 e. The summed E-state index contributed by atoms with van der Waals surface area (Å²) in [6.45, 7) is 3.03. The van der Waals surface area contributed by atoms with Gasteiger partial charge in [0.25, 0.3) is 5.69 Å². The minimum atomic E-state index is -0.821. The molecule has 0 bridgehead atoms. The number of carbonyl (C=O) groups excluding carboxylic acids is 1. The average Bonchev–Trinajstić information content (AvgIpc) is 2.45. The highest BCUT2D eigenvalue weighted by Gasteiger charge is 2.35. The standard InChI is InChI=1S/C15H12N3O3S/c1-8-13(9(2)19)14(11(7-16)15(22)17-8)10-5-3-4-6-12(10)18(20)21/h3-6,14H,1-2H3,(H,17,22)/q-1. The van der Waals surface area contributed by atoms with Crippen molar-refractivity contribution in [2.45, 2.75) is 19.8 Å². The highest BCUT2D eigenvalue weighted by Crippen LogP contribution is 2.40. The third kappa shape index (κ3) is 2.59. The molecule has 0 amide bonds. The number of nitro benzene ring substituents is 1. The Morgan fingerprint density at radius 3 is 2.64 bits per heavy atom. The van der Waals surface area contributed by atoms with E-state index in [1.807, 2.05) is 5.87 Å². The fourth-order valence-corrected chi connectivity index (χ4v) is 2.91. The average molecular weight is 314 g/mol. The van der Waals surface area contributed by atoms with Crippen LogP contribution in [0.1, 0.15) is 25.3 Å². The van der Waals surface area contributed by atoms with Crippen molar-refractivity contribution in [3.8, 4) is 0 Å². The number of Topliss-reactive ketones (excluding diaryl/α,β-unsaturated/α-hetero) is 1. The number of benzene rings is 1. The second-order valence-corrected chi connectivity index (χ2v) is 5.23. The molecule has 1 atom stereocenters. The summed E-state index contributed by atoms with van der Waals surface area (Å²) < 4.78 is 0. The molecule has 0 spiro atoms. The Hall–Kier alpha value is -2.63. The normalized spacial score (nSPS) is 17.8. The van der Waals surface area contributed by atoms with Crippen molar-refractivity contribution in [3.63, 3.8) is 0 Å². The van der Waals surface area contributed by atoms with Gasteiger partial charge in [-0.05, 0) is 13.8 Å². The Morgan fingerprint density at radius 2 is 2.09 bits per heavy atom. The first-order chi connectivity index (χ1) is 10.4. The molecule has 2 rings (SSSR count). The van der Waals surface area contributed by atoms with Gasteiger partial charge in [-0.15, -0.1) is 0 Å². The van der Waals surface area contributed by atoms with Gasteiger partial charge < -0.3 is 10.7 Å². The van der Waals surface area contributed by atoms with Gasteiger partial charge in [0, 0.05) is 28.5 Å². The van der Waals surface area contributed by atoms with Crippen LogP contribution in [0.3, 0.4) is 0 Å². The van der Waals surface area contributed by atoms with Crippen LogP contribution in [-0.4, -0.2) is 21.6 Å². The molecule has 1 aromatic carbocycles. The second-order valence-electron chi connectivity index (χ2n) is 4.82. The summed E-state index contributed by atoms with van der Waals surface area (Å²) in [6, 6.07) is 6.07. The Kier molecular flexibility index (Phi) is 4.30. The summed E-state index contributed by atoms with van der Waals surface area (Å²) in [4.78, 5) is 22.9. The van der Waals surface area contributed by atoms with E-state index < -0.39 is 10.8 Å². The quantitative estimate of drug-likeness (QED) is 0.304. The van der Waals surface area contributed by atoms with Crippen molar-refractivity contribution in [2.24, 2.45) is 0 Å². The van der Waals surface area contributed by atoms with Crippen molar-refractivity contribution in [2.75, 3.05) is 0 Å². The molecule has 0 radical (unpaired) electrons. The summed E-state index contributed by atoms with van der Waals surface area (Å²) in [7, 11) is 0. The number of para-hydroxylation sites is 1. The summed E-state index contributed by atoms with van der Waals surface area (Å²) in [6.07, 6.45) is 0. The number of hydrogen-bond acceptors (Lipinski definition) is 4. The predicted octanol–water partition coefficient (Wildman–Crippen LogP) is 2.64. The zero-order valence-corrected chi connectivity index (χ0v) is 12.7. The van der Waals surface area contributed by atoms with E-state index in [0.717, 1.165) is 0 Å². The molecule has 0 saturated heterocycles. The van der Waals surface area contributed by atoms with Gasteiger partial charge in [0.1, 0.15) is 4.99 Å². The van der Waals surface area contributed by atoms with Crippen molar-refractivity contribution < 1.29 is 9.72 Å². The SMILES string of the molecule is CC(=O)C1=C(C)NC(=S)C(=C=[N-])C1c1ccccc1[N+](=O)[O-]. The molecule has 1 aromatic rings. The number of hydrogen-bond donors (Lipinski definition) is 1. The minimum absolute atomic E-state index is 0.139. The number of nitrogens with zero attached hydrogens (tertiary/aromatic N) is 2. The van der Waals surface area contributed by atoms with Crippen LogP contribution in [-0.2, 0) is 4.79 Å². The monoisotopic (exact) mass is 314 g/mol. The molecule has 1 unspecified atom stereocenters. The van der Waals surface area contributed by atoms with Crippen molar-refractivity contribution in [3.05, 3.63) is 62.2 Å². The number of carbonyl (C=O) groups is 1. The maximum absolute atomic E-state index is 12.0. The van der Waals surface area contributed by atoms with Gasteiger partial charge in [-0.1, -0.05) is 30.4 Å². The van der Waals surface area contributed by atoms with Gasteiger partial charge in [-0.3, -0.25) is 20.8 Å². The molecule has 6 nitrogen and oxygen atoms in total. The van der Waals surface area contributed by atoms with Crippen LogP contribution in [0.2, 0.25) is 0 Å². The molecule has 0 saturated carbocycles. The summed E-state index contributed by atoms with van der Waals surface area (Å²) in [5.74, 6) is 0.896. The number of rotatable bonds is 3. The molecule has 1 aliphatic heterocycles. The second kappa shape index (κ2) is 6.01. The van der Waals surface area contributed by atoms with Gasteiger partial charge >= 0.3 is 0 Å². The first kappa shape index (κ1) is 15.8. The molecule has 1 N–H and O–H groups in total.